The highest BCUT2D eigenvalue weighted by atomic mass is 35.5. The van der Waals surface area contributed by atoms with E-state index in [1.54, 1.807) is 23.0 Å². The third-order valence-corrected chi connectivity index (χ3v) is 5.72. The number of carbonyl (C=O) groups is 1. The van der Waals surface area contributed by atoms with Crippen molar-refractivity contribution in [3.63, 3.8) is 0 Å². The van der Waals surface area contributed by atoms with Gasteiger partial charge in [-0.1, -0.05) is 41.9 Å². The Morgan fingerprint density at radius 3 is 2.79 bits per heavy atom. The van der Waals surface area contributed by atoms with Crippen molar-refractivity contribution in [2.45, 2.75) is 19.9 Å². The van der Waals surface area contributed by atoms with Crippen LogP contribution in [0.25, 0.3) is 33.3 Å². The van der Waals surface area contributed by atoms with Crippen molar-refractivity contribution in [3.05, 3.63) is 83.0 Å². The van der Waals surface area contributed by atoms with E-state index in [0.717, 1.165) is 34.1 Å². The van der Waals surface area contributed by atoms with Crippen LogP contribution in [0.1, 0.15) is 29.3 Å². The van der Waals surface area contributed by atoms with Crippen molar-refractivity contribution in [1.82, 2.24) is 30.3 Å². The summed E-state index contributed by atoms with van der Waals surface area (Å²) < 4.78 is 1.78. The van der Waals surface area contributed by atoms with Crippen LogP contribution in [0.3, 0.4) is 0 Å². The zero-order chi connectivity index (χ0) is 22.8. The van der Waals surface area contributed by atoms with E-state index in [1.807, 2.05) is 49.4 Å². The lowest BCUT2D eigenvalue weighted by molar-refractivity contribution is 0.0954. The van der Waals surface area contributed by atoms with Gasteiger partial charge in [0.15, 0.2) is 5.65 Å². The van der Waals surface area contributed by atoms with Crippen molar-refractivity contribution in [1.29, 1.82) is 0 Å². The van der Waals surface area contributed by atoms with Crippen LogP contribution in [-0.2, 0) is 6.54 Å². The second kappa shape index (κ2) is 8.96. The molecule has 0 aliphatic heterocycles. The maximum atomic E-state index is 12.3. The summed E-state index contributed by atoms with van der Waals surface area (Å²) in [5.74, 6) is -0.176. The second-order valence-electron chi connectivity index (χ2n) is 7.77. The minimum Gasteiger partial charge on any atom is -0.352 e. The predicted octanol–water partition coefficient (Wildman–Crippen LogP) is 4.88. The molecule has 2 aromatic carbocycles. The van der Waals surface area contributed by atoms with E-state index in [1.165, 1.54) is 0 Å². The Bertz CT molecular complexity index is 1480. The van der Waals surface area contributed by atoms with E-state index < -0.39 is 0 Å². The van der Waals surface area contributed by atoms with Gasteiger partial charge in [0.2, 0.25) is 0 Å². The minimum absolute atomic E-state index is 0.176. The number of aromatic nitrogens is 5. The molecule has 0 aliphatic carbocycles. The predicted molar refractivity (Wildman–Crippen MR) is 129 cm³/mol. The average molecular weight is 457 g/mol. The first-order valence-corrected chi connectivity index (χ1v) is 11.1. The van der Waals surface area contributed by atoms with Crippen molar-refractivity contribution >= 4 is 39.6 Å². The van der Waals surface area contributed by atoms with Crippen LogP contribution in [0.5, 0.6) is 0 Å². The molecule has 0 bridgehead atoms. The molecule has 3 heterocycles. The number of benzene rings is 2. The standard InChI is InChI=1S/C25H21ClN6O/c1-2-11-28-25(33)19-7-6-18(14-20(19)26)22-9-10-23-24(29-22)32(31-30-23)15-16-5-8-21-17(13-16)4-3-12-27-21/h3-10,12-14H,2,11,15H2,1H3,(H,28,33). The summed E-state index contributed by atoms with van der Waals surface area (Å²) in [6, 6.07) is 19.2. The van der Waals surface area contributed by atoms with Gasteiger partial charge >= 0.3 is 0 Å². The van der Waals surface area contributed by atoms with E-state index in [9.17, 15) is 4.79 Å². The van der Waals surface area contributed by atoms with Gasteiger partial charge in [0, 0.05) is 23.7 Å². The summed E-state index contributed by atoms with van der Waals surface area (Å²) in [7, 11) is 0. The van der Waals surface area contributed by atoms with E-state index in [-0.39, 0.29) is 5.91 Å². The summed E-state index contributed by atoms with van der Waals surface area (Å²) in [5.41, 5.74) is 5.43. The SMILES string of the molecule is CCCNC(=O)c1ccc(-c2ccc3nnn(Cc4ccc5ncccc5c4)c3n2)cc1Cl. The van der Waals surface area contributed by atoms with E-state index in [2.05, 4.69) is 26.7 Å². The quantitative estimate of drug-likeness (QED) is 0.393. The molecule has 164 valence electrons. The van der Waals surface area contributed by atoms with Gasteiger partial charge in [0.05, 0.1) is 28.3 Å². The van der Waals surface area contributed by atoms with Crippen LogP contribution in [-0.4, -0.2) is 37.4 Å². The number of carbonyl (C=O) groups excluding carboxylic acids is 1. The fourth-order valence-electron chi connectivity index (χ4n) is 3.71. The van der Waals surface area contributed by atoms with Crippen molar-refractivity contribution in [2.75, 3.05) is 6.54 Å². The van der Waals surface area contributed by atoms with E-state index in [0.29, 0.717) is 34.8 Å². The number of pyridine rings is 2. The lowest BCUT2D eigenvalue weighted by Gasteiger charge is -2.08. The molecule has 1 N–H and O–H groups in total. The van der Waals surface area contributed by atoms with Gasteiger partial charge in [-0.2, -0.15) is 0 Å². The van der Waals surface area contributed by atoms with Gasteiger partial charge in [0.25, 0.3) is 5.91 Å². The fraction of sp³-hybridized carbons (Fsp3) is 0.160. The molecule has 0 atom stereocenters. The van der Waals surface area contributed by atoms with E-state index in [4.69, 9.17) is 16.6 Å². The smallest absolute Gasteiger partial charge is 0.252 e. The highest BCUT2D eigenvalue weighted by Gasteiger charge is 2.13. The molecule has 0 spiro atoms. The summed E-state index contributed by atoms with van der Waals surface area (Å²) in [4.78, 5) is 21.4. The van der Waals surface area contributed by atoms with Crippen LogP contribution in [0.4, 0.5) is 0 Å². The van der Waals surface area contributed by atoms with Gasteiger partial charge in [-0.15, -0.1) is 5.10 Å². The molecule has 3 aromatic heterocycles. The van der Waals surface area contributed by atoms with Crippen LogP contribution >= 0.6 is 11.6 Å². The summed E-state index contributed by atoms with van der Waals surface area (Å²) in [6.45, 7) is 3.15. The monoisotopic (exact) mass is 456 g/mol. The Morgan fingerprint density at radius 1 is 1.06 bits per heavy atom. The Labute approximate surface area is 195 Å². The van der Waals surface area contributed by atoms with Gasteiger partial charge in [-0.05, 0) is 54.4 Å². The highest BCUT2D eigenvalue weighted by molar-refractivity contribution is 6.34. The third kappa shape index (κ3) is 4.27. The average Bonchev–Trinajstić information content (AvgIpc) is 3.24. The number of halogens is 1. The molecule has 7 nitrogen and oxygen atoms in total. The Morgan fingerprint density at radius 2 is 1.94 bits per heavy atom. The molecule has 0 saturated heterocycles. The maximum absolute atomic E-state index is 12.3. The maximum Gasteiger partial charge on any atom is 0.252 e. The zero-order valence-electron chi connectivity index (χ0n) is 18.0. The van der Waals surface area contributed by atoms with Crippen molar-refractivity contribution in [2.24, 2.45) is 0 Å². The van der Waals surface area contributed by atoms with Gasteiger partial charge in [-0.3, -0.25) is 9.78 Å². The molecule has 8 heteroatoms. The van der Waals surface area contributed by atoms with Crippen LogP contribution < -0.4 is 5.32 Å². The number of hydrogen-bond acceptors (Lipinski definition) is 5. The zero-order valence-corrected chi connectivity index (χ0v) is 18.8. The number of nitrogens with one attached hydrogen (secondary N) is 1. The van der Waals surface area contributed by atoms with Crippen molar-refractivity contribution < 1.29 is 4.79 Å². The molecular weight excluding hydrogens is 436 g/mol. The molecule has 33 heavy (non-hydrogen) atoms. The normalized spacial score (nSPS) is 11.2. The lowest BCUT2D eigenvalue weighted by Crippen LogP contribution is -2.24. The van der Waals surface area contributed by atoms with E-state index >= 15 is 0 Å². The number of amides is 1. The Balaban J connectivity index is 1.45. The third-order valence-electron chi connectivity index (χ3n) is 5.40. The Kier molecular flexibility index (Phi) is 5.71. The molecule has 1 amide bonds. The van der Waals surface area contributed by atoms with Crippen LogP contribution in [0, 0.1) is 0 Å². The number of fused-ring (bicyclic) bond motifs is 2. The number of hydrogen-bond donors (Lipinski definition) is 1. The molecule has 0 unspecified atom stereocenters. The number of nitrogens with zero attached hydrogens (tertiary/aromatic N) is 5. The molecule has 5 aromatic rings. The topological polar surface area (TPSA) is 85.6 Å². The second-order valence-corrected chi connectivity index (χ2v) is 8.17. The molecule has 0 fully saturated rings. The molecule has 0 saturated carbocycles. The minimum atomic E-state index is -0.176. The summed E-state index contributed by atoms with van der Waals surface area (Å²) >= 11 is 6.41. The highest BCUT2D eigenvalue weighted by Crippen LogP contribution is 2.26. The van der Waals surface area contributed by atoms with Crippen LogP contribution in [0.2, 0.25) is 5.02 Å². The molecule has 0 aliphatic rings. The van der Waals surface area contributed by atoms with Gasteiger partial charge < -0.3 is 5.32 Å². The molecular formula is C25H21ClN6O. The summed E-state index contributed by atoms with van der Waals surface area (Å²) in [5, 5.41) is 12.9. The number of rotatable bonds is 6. The lowest BCUT2D eigenvalue weighted by atomic mass is 10.1. The largest absolute Gasteiger partial charge is 0.352 e. The Hall–Kier alpha value is -3.84. The van der Waals surface area contributed by atoms with Gasteiger partial charge in [0.1, 0.15) is 5.52 Å². The molecule has 0 radical (unpaired) electrons. The summed E-state index contributed by atoms with van der Waals surface area (Å²) in [6.07, 6.45) is 2.65. The van der Waals surface area contributed by atoms with Crippen molar-refractivity contribution in [3.8, 4) is 11.3 Å². The fourth-order valence-corrected chi connectivity index (χ4v) is 3.98. The first-order valence-electron chi connectivity index (χ1n) is 10.7. The first-order chi connectivity index (χ1) is 16.1. The van der Waals surface area contributed by atoms with Gasteiger partial charge in [-0.25, -0.2) is 9.67 Å². The van der Waals surface area contributed by atoms with Crippen LogP contribution in [0.15, 0.2) is 66.9 Å². The first kappa shape index (κ1) is 21.0. The molecule has 5 rings (SSSR count).